The van der Waals surface area contributed by atoms with Crippen LogP contribution >= 0.6 is 23.2 Å². The van der Waals surface area contributed by atoms with Crippen LogP contribution in [0.1, 0.15) is 51.3 Å². The fourth-order valence-electron chi connectivity index (χ4n) is 2.67. The van der Waals surface area contributed by atoms with Crippen molar-refractivity contribution in [1.29, 1.82) is 0 Å². The van der Waals surface area contributed by atoms with E-state index >= 15 is 0 Å². The number of imidazole rings is 1. The molecule has 0 amide bonds. The smallest absolute Gasteiger partial charge is 0.0995 e. The van der Waals surface area contributed by atoms with Crippen LogP contribution in [0.25, 0.3) is 5.52 Å². The molecule has 2 rings (SSSR count). The van der Waals surface area contributed by atoms with Crippen molar-refractivity contribution < 1.29 is 5.11 Å². The molecule has 2 heterocycles. The van der Waals surface area contributed by atoms with Gasteiger partial charge in [0.2, 0.25) is 0 Å². The number of halogens is 2. The fraction of sp³-hybridized carbons (Fsp3) is 0.533. The third-order valence-corrected chi connectivity index (χ3v) is 4.57. The molecule has 0 bridgehead atoms. The van der Waals surface area contributed by atoms with Gasteiger partial charge in [0.25, 0.3) is 0 Å². The van der Waals surface area contributed by atoms with Gasteiger partial charge in [0.15, 0.2) is 0 Å². The van der Waals surface area contributed by atoms with Gasteiger partial charge in [-0.1, -0.05) is 56.3 Å². The Kier molecular flexibility index (Phi) is 5.30. The number of fused-ring (bicyclic) bond motifs is 1. The van der Waals surface area contributed by atoms with Crippen molar-refractivity contribution in [1.82, 2.24) is 9.38 Å². The van der Waals surface area contributed by atoms with Gasteiger partial charge in [0.05, 0.1) is 39.9 Å². The number of aliphatic hydroxyl groups is 1. The molecule has 0 aliphatic carbocycles. The van der Waals surface area contributed by atoms with Crippen molar-refractivity contribution in [3.63, 3.8) is 0 Å². The van der Waals surface area contributed by atoms with Crippen molar-refractivity contribution in [3.05, 3.63) is 34.3 Å². The zero-order valence-electron chi connectivity index (χ0n) is 11.8. The maximum absolute atomic E-state index is 10.6. The molecule has 110 valence electrons. The van der Waals surface area contributed by atoms with Gasteiger partial charge in [0, 0.05) is 0 Å². The summed E-state index contributed by atoms with van der Waals surface area (Å²) in [5.41, 5.74) is 1.48. The van der Waals surface area contributed by atoms with Crippen LogP contribution in [-0.2, 0) is 0 Å². The summed E-state index contributed by atoms with van der Waals surface area (Å²) in [6.45, 7) is 4.31. The summed E-state index contributed by atoms with van der Waals surface area (Å²) < 4.78 is 1.82. The van der Waals surface area contributed by atoms with Crippen molar-refractivity contribution in [3.8, 4) is 0 Å². The quantitative estimate of drug-likeness (QED) is 0.824. The Morgan fingerprint density at radius 2 is 2.10 bits per heavy atom. The highest BCUT2D eigenvalue weighted by molar-refractivity contribution is 6.42. The number of aliphatic hydroxyl groups excluding tert-OH is 1. The first-order valence-corrected chi connectivity index (χ1v) is 7.82. The maximum Gasteiger partial charge on any atom is 0.0995 e. The van der Waals surface area contributed by atoms with Crippen molar-refractivity contribution in [2.45, 2.75) is 45.6 Å². The minimum absolute atomic E-state index is 0.413. The minimum atomic E-state index is -0.630. The van der Waals surface area contributed by atoms with Crippen LogP contribution < -0.4 is 0 Å². The van der Waals surface area contributed by atoms with E-state index in [0.717, 1.165) is 24.8 Å². The number of rotatable bonds is 6. The average Bonchev–Trinajstić information content (AvgIpc) is 2.86. The summed E-state index contributed by atoms with van der Waals surface area (Å²) in [5, 5.41) is 11.4. The Morgan fingerprint density at radius 3 is 2.75 bits per heavy atom. The van der Waals surface area contributed by atoms with E-state index in [1.807, 2.05) is 4.40 Å². The van der Waals surface area contributed by atoms with Crippen molar-refractivity contribution in [2.24, 2.45) is 5.92 Å². The first-order chi connectivity index (χ1) is 9.58. The van der Waals surface area contributed by atoms with Gasteiger partial charge in [0.1, 0.15) is 0 Å². The first kappa shape index (κ1) is 15.6. The SMILES string of the molecule is CCCC(CC)CC(O)c1c(Cl)c(Cl)cc2cncn12. The van der Waals surface area contributed by atoms with Crippen LogP contribution in [0.5, 0.6) is 0 Å². The van der Waals surface area contributed by atoms with E-state index in [0.29, 0.717) is 28.1 Å². The molecule has 2 unspecified atom stereocenters. The van der Waals surface area contributed by atoms with E-state index in [-0.39, 0.29) is 0 Å². The van der Waals surface area contributed by atoms with Gasteiger partial charge < -0.3 is 5.11 Å². The van der Waals surface area contributed by atoms with E-state index < -0.39 is 6.10 Å². The number of aromatic nitrogens is 2. The molecular formula is C15H20Cl2N2O. The molecule has 0 fully saturated rings. The van der Waals surface area contributed by atoms with Crippen LogP contribution in [-0.4, -0.2) is 14.5 Å². The van der Waals surface area contributed by atoms with E-state index in [2.05, 4.69) is 18.8 Å². The molecule has 2 aromatic rings. The van der Waals surface area contributed by atoms with Gasteiger partial charge >= 0.3 is 0 Å². The number of nitrogens with zero attached hydrogens (tertiary/aromatic N) is 2. The minimum Gasteiger partial charge on any atom is -0.387 e. The lowest BCUT2D eigenvalue weighted by Crippen LogP contribution is -2.11. The second-order valence-electron chi connectivity index (χ2n) is 5.19. The van der Waals surface area contributed by atoms with Crippen LogP contribution in [0.15, 0.2) is 18.6 Å². The van der Waals surface area contributed by atoms with Crippen molar-refractivity contribution >= 4 is 28.7 Å². The summed E-state index contributed by atoms with van der Waals surface area (Å²) in [6, 6.07) is 1.76. The molecule has 0 spiro atoms. The lowest BCUT2D eigenvalue weighted by Gasteiger charge is -2.21. The molecule has 2 atom stereocenters. The molecule has 0 aromatic carbocycles. The van der Waals surface area contributed by atoms with Crippen LogP contribution in [0.4, 0.5) is 0 Å². The molecule has 3 nitrogen and oxygen atoms in total. The molecule has 0 saturated heterocycles. The Hall–Kier alpha value is -0.770. The summed E-state index contributed by atoms with van der Waals surface area (Å²) in [4.78, 5) is 4.10. The molecule has 0 saturated carbocycles. The second kappa shape index (κ2) is 6.79. The monoisotopic (exact) mass is 314 g/mol. The predicted octanol–water partition coefficient (Wildman–Crippen LogP) is 4.89. The predicted molar refractivity (Wildman–Crippen MR) is 83.5 cm³/mol. The van der Waals surface area contributed by atoms with Gasteiger partial charge in [-0.05, 0) is 18.4 Å². The molecule has 20 heavy (non-hydrogen) atoms. The molecule has 0 radical (unpaired) electrons. The maximum atomic E-state index is 10.6. The van der Waals surface area contributed by atoms with Crippen LogP contribution in [0, 0.1) is 5.92 Å². The lowest BCUT2D eigenvalue weighted by atomic mass is 9.93. The summed E-state index contributed by atoms with van der Waals surface area (Å²) in [7, 11) is 0. The molecule has 2 aromatic heterocycles. The molecule has 0 aliphatic heterocycles. The summed E-state index contributed by atoms with van der Waals surface area (Å²) in [5.74, 6) is 0.489. The third-order valence-electron chi connectivity index (χ3n) is 3.78. The molecule has 0 aliphatic rings. The summed E-state index contributed by atoms with van der Waals surface area (Å²) in [6.07, 6.45) is 6.72. The van der Waals surface area contributed by atoms with Crippen LogP contribution in [0.3, 0.4) is 0 Å². The molecule has 5 heteroatoms. The Bertz CT molecular complexity index is 583. The normalized spacial score (nSPS) is 14.7. The van der Waals surface area contributed by atoms with E-state index in [4.69, 9.17) is 23.2 Å². The standard InChI is InChI=1S/C15H20Cl2N2O/c1-3-5-10(4-2)6-13(20)15-14(17)12(16)7-11-8-18-9-19(11)15/h7-10,13,20H,3-6H2,1-2H3. The zero-order valence-corrected chi connectivity index (χ0v) is 13.3. The highest BCUT2D eigenvalue weighted by Gasteiger charge is 2.21. The Morgan fingerprint density at radius 1 is 1.35 bits per heavy atom. The number of hydrogen-bond donors (Lipinski definition) is 1. The zero-order chi connectivity index (χ0) is 14.7. The van der Waals surface area contributed by atoms with Crippen molar-refractivity contribution in [2.75, 3.05) is 0 Å². The topological polar surface area (TPSA) is 37.5 Å². The fourth-order valence-corrected chi connectivity index (χ4v) is 3.15. The van der Waals surface area contributed by atoms with Gasteiger partial charge in [-0.25, -0.2) is 4.98 Å². The van der Waals surface area contributed by atoms with E-state index in [1.54, 1.807) is 18.6 Å². The highest BCUT2D eigenvalue weighted by atomic mass is 35.5. The highest BCUT2D eigenvalue weighted by Crippen LogP contribution is 2.35. The first-order valence-electron chi connectivity index (χ1n) is 7.06. The Balaban J connectivity index is 2.35. The number of pyridine rings is 1. The summed E-state index contributed by atoms with van der Waals surface area (Å²) >= 11 is 12.4. The average molecular weight is 315 g/mol. The molecular weight excluding hydrogens is 295 g/mol. The van der Waals surface area contributed by atoms with E-state index in [9.17, 15) is 5.11 Å². The van der Waals surface area contributed by atoms with Gasteiger partial charge in [-0.3, -0.25) is 4.40 Å². The third kappa shape index (κ3) is 3.11. The lowest BCUT2D eigenvalue weighted by molar-refractivity contribution is 0.134. The van der Waals surface area contributed by atoms with Gasteiger partial charge in [-0.2, -0.15) is 0 Å². The second-order valence-corrected chi connectivity index (χ2v) is 5.98. The number of hydrogen-bond acceptors (Lipinski definition) is 2. The molecule has 1 N–H and O–H groups in total. The van der Waals surface area contributed by atoms with E-state index in [1.165, 1.54) is 0 Å². The van der Waals surface area contributed by atoms with Gasteiger partial charge in [-0.15, -0.1) is 0 Å². The van der Waals surface area contributed by atoms with Crippen LogP contribution in [0.2, 0.25) is 10.0 Å². The largest absolute Gasteiger partial charge is 0.387 e. The Labute approximate surface area is 129 Å².